The van der Waals surface area contributed by atoms with E-state index >= 15 is 0 Å². The Hall–Kier alpha value is -0.570. The van der Waals surface area contributed by atoms with Crippen molar-refractivity contribution < 1.29 is 4.74 Å². The lowest BCUT2D eigenvalue weighted by Crippen LogP contribution is -2.40. The van der Waals surface area contributed by atoms with E-state index in [0.717, 1.165) is 19.4 Å². The van der Waals surface area contributed by atoms with Gasteiger partial charge in [-0.2, -0.15) is 0 Å². The zero-order valence-electron chi connectivity index (χ0n) is 9.26. The van der Waals surface area contributed by atoms with Crippen molar-refractivity contribution in [3.05, 3.63) is 0 Å². The summed E-state index contributed by atoms with van der Waals surface area (Å²) >= 11 is 0. The van der Waals surface area contributed by atoms with Crippen molar-refractivity contribution in [1.29, 1.82) is 5.41 Å². The Balaban J connectivity index is 4.12. The van der Waals surface area contributed by atoms with Crippen LogP contribution in [-0.2, 0) is 4.74 Å². The van der Waals surface area contributed by atoms with Crippen molar-refractivity contribution in [2.45, 2.75) is 39.7 Å². The molecule has 0 heterocycles. The van der Waals surface area contributed by atoms with Crippen LogP contribution in [0.5, 0.6) is 0 Å². The van der Waals surface area contributed by atoms with Crippen molar-refractivity contribution in [3.63, 3.8) is 0 Å². The number of rotatable bonds is 6. The average molecular weight is 186 g/mol. The van der Waals surface area contributed by atoms with Crippen LogP contribution in [0.25, 0.3) is 0 Å². The zero-order valence-corrected chi connectivity index (χ0v) is 9.26. The van der Waals surface area contributed by atoms with E-state index in [9.17, 15) is 0 Å². The van der Waals surface area contributed by atoms with Gasteiger partial charge in [-0.05, 0) is 19.8 Å². The zero-order chi connectivity index (χ0) is 10.3. The van der Waals surface area contributed by atoms with E-state index in [-0.39, 0.29) is 0 Å². The molecule has 0 saturated heterocycles. The third-order valence-corrected chi connectivity index (χ3v) is 2.35. The molecule has 0 aromatic carbocycles. The number of nitrogens with one attached hydrogen (secondary N) is 1. The molecule has 3 nitrogen and oxygen atoms in total. The van der Waals surface area contributed by atoms with Crippen LogP contribution in [0.15, 0.2) is 0 Å². The summed E-state index contributed by atoms with van der Waals surface area (Å²) in [6.45, 7) is 7.70. The second kappa shape index (κ2) is 6.89. The Labute approximate surface area is 81.6 Å². The predicted molar refractivity (Wildman–Crippen MR) is 56.4 cm³/mol. The lowest BCUT2D eigenvalue weighted by Gasteiger charge is -2.31. The lowest BCUT2D eigenvalue weighted by atomic mass is 10.1. The van der Waals surface area contributed by atoms with Crippen LogP contribution < -0.4 is 0 Å². The Morgan fingerprint density at radius 3 is 2.23 bits per heavy atom. The molecule has 0 aliphatic rings. The van der Waals surface area contributed by atoms with Crippen LogP contribution in [-0.4, -0.2) is 37.0 Å². The molecule has 0 aliphatic carbocycles. The first kappa shape index (κ1) is 12.4. The topological polar surface area (TPSA) is 36.3 Å². The summed E-state index contributed by atoms with van der Waals surface area (Å²) in [6.07, 6.45) is 2.19. The maximum absolute atomic E-state index is 7.64. The number of nitrogens with zero attached hydrogens (tertiary/aromatic N) is 1. The van der Waals surface area contributed by atoms with Gasteiger partial charge in [0, 0.05) is 19.7 Å². The van der Waals surface area contributed by atoms with Gasteiger partial charge < -0.3 is 9.64 Å². The van der Waals surface area contributed by atoms with Crippen LogP contribution in [0.1, 0.15) is 33.6 Å². The molecule has 3 heteroatoms. The van der Waals surface area contributed by atoms with Gasteiger partial charge in [0.25, 0.3) is 0 Å². The minimum absolute atomic E-state index is 0.493. The molecule has 0 unspecified atom stereocenters. The highest BCUT2D eigenvalue weighted by molar-refractivity contribution is 5.76. The van der Waals surface area contributed by atoms with Gasteiger partial charge in [0.1, 0.15) is 0 Å². The Bertz CT molecular complexity index is 144. The van der Waals surface area contributed by atoms with E-state index in [1.165, 1.54) is 0 Å². The van der Waals surface area contributed by atoms with Crippen molar-refractivity contribution in [1.82, 2.24) is 4.90 Å². The van der Waals surface area contributed by atoms with E-state index in [4.69, 9.17) is 10.1 Å². The molecule has 78 valence electrons. The molecule has 1 N–H and O–H groups in total. The number of ether oxygens (including phenoxy) is 1. The summed E-state index contributed by atoms with van der Waals surface area (Å²) < 4.78 is 5.02. The first-order valence-electron chi connectivity index (χ1n) is 4.98. The van der Waals surface area contributed by atoms with E-state index in [0.29, 0.717) is 18.5 Å². The normalized spacial score (nSPS) is 10.5. The molecule has 0 rings (SSSR count). The minimum Gasteiger partial charge on any atom is -0.383 e. The van der Waals surface area contributed by atoms with E-state index in [2.05, 4.69) is 18.7 Å². The number of methoxy groups -OCH3 is 1. The highest BCUT2D eigenvalue weighted by Gasteiger charge is 2.14. The van der Waals surface area contributed by atoms with Crippen LogP contribution >= 0.6 is 0 Å². The first-order chi connectivity index (χ1) is 6.17. The van der Waals surface area contributed by atoms with Gasteiger partial charge in [0.2, 0.25) is 0 Å². The van der Waals surface area contributed by atoms with Crippen LogP contribution in [0.2, 0.25) is 0 Å². The van der Waals surface area contributed by atoms with Gasteiger partial charge in [-0.3, -0.25) is 5.41 Å². The fourth-order valence-electron chi connectivity index (χ4n) is 1.54. The number of amidine groups is 1. The van der Waals surface area contributed by atoms with Gasteiger partial charge in [-0.15, -0.1) is 0 Å². The van der Waals surface area contributed by atoms with Gasteiger partial charge >= 0.3 is 0 Å². The molecule has 0 atom stereocenters. The van der Waals surface area contributed by atoms with E-state index in [1.807, 2.05) is 6.92 Å². The molecule has 13 heavy (non-hydrogen) atoms. The first-order valence-corrected chi connectivity index (χ1v) is 4.98. The summed E-state index contributed by atoms with van der Waals surface area (Å²) in [5, 5.41) is 7.64. The second-order valence-corrected chi connectivity index (χ2v) is 3.24. The van der Waals surface area contributed by atoms with Crippen molar-refractivity contribution >= 4 is 5.84 Å². The fourth-order valence-corrected chi connectivity index (χ4v) is 1.54. The van der Waals surface area contributed by atoms with Crippen molar-refractivity contribution in [3.8, 4) is 0 Å². The van der Waals surface area contributed by atoms with Crippen LogP contribution in [0.3, 0.4) is 0 Å². The lowest BCUT2D eigenvalue weighted by molar-refractivity contribution is 0.157. The predicted octanol–water partition coefficient (Wildman–Crippen LogP) is 2.12. The largest absolute Gasteiger partial charge is 0.383 e. The standard InChI is InChI=1S/C10H22N2O/c1-5-10(6-2)12(9(3)11)7-8-13-4/h10-11H,5-8H2,1-4H3. The van der Waals surface area contributed by atoms with Crippen molar-refractivity contribution in [2.24, 2.45) is 0 Å². The Morgan fingerprint density at radius 2 is 1.92 bits per heavy atom. The Kier molecular flexibility index (Phi) is 6.59. The van der Waals surface area contributed by atoms with Gasteiger partial charge in [0.15, 0.2) is 0 Å². The number of hydrogen-bond donors (Lipinski definition) is 1. The maximum atomic E-state index is 7.64. The molecule has 0 spiro atoms. The highest BCUT2D eigenvalue weighted by Crippen LogP contribution is 2.08. The summed E-state index contributed by atoms with van der Waals surface area (Å²) in [4.78, 5) is 2.11. The smallest absolute Gasteiger partial charge is 0.0929 e. The molecular weight excluding hydrogens is 164 g/mol. The SMILES string of the molecule is CCC(CC)N(CCOC)C(C)=N. The second-order valence-electron chi connectivity index (χ2n) is 3.24. The van der Waals surface area contributed by atoms with E-state index in [1.54, 1.807) is 7.11 Å². The highest BCUT2D eigenvalue weighted by atomic mass is 16.5. The summed E-state index contributed by atoms with van der Waals surface area (Å²) in [5.74, 6) is 0.644. The van der Waals surface area contributed by atoms with Gasteiger partial charge in [-0.1, -0.05) is 13.8 Å². The minimum atomic E-state index is 0.493. The van der Waals surface area contributed by atoms with Gasteiger partial charge in [0.05, 0.1) is 12.4 Å². The van der Waals surface area contributed by atoms with E-state index < -0.39 is 0 Å². The summed E-state index contributed by atoms with van der Waals surface area (Å²) in [5.41, 5.74) is 0. The fraction of sp³-hybridized carbons (Fsp3) is 0.900. The molecule has 0 amide bonds. The molecule has 0 fully saturated rings. The monoisotopic (exact) mass is 186 g/mol. The molecule has 0 saturated carbocycles. The molecule has 0 radical (unpaired) electrons. The molecule has 0 bridgehead atoms. The quantitative estimate of drug-likeness (QED) is 0.509. The van der Waals surface area contributed by atoms with Crippen LogP contribution in [0.4, 0.5) is 0 Å². The Morgan fingerprint density at radius 1 is 1.38 bits per heavy atom. The third-order valence-electron chi connectivity index (χ3n) is 2.35. The average Bonchev–Trinajstić information content (AvgIpc) is 2.11. The van der Waals surface area contributed by atoms with Crippen molar-refractivity contribution in [2.75, 3.05) is 20.3 Å². The molecule has 0 aromatic heterocycles. The van der Waals surface area contributed by atoms with Crippen LogP contribution in [0, 0.1) is 5.41 Å². The molecule has 0 aromatic rings. The van der Waals surface area contributed by atoms with Gasteiger partial charge in [-0.25, -0.2) is 0 Å². The molecule has 0 aliphatic heterocycles. The number of hydrogen-bond acceptors (Lipinski definition) is 2. The summed E-state index contributed by atoms with van der Waals surface area (Å²) in [7, 11) is 1.70. The maximum Gasteiger partial charge on any atom is 0.0929 e. The summed E-state index contributed by atoms with van der Waals surface area (Å²) in [6, 6.07) is 0.493. The third kappa shape index (κ3) is 4.27. The molecular formula is C10H22N2O.